The van der Waals surface area contributed by atoms with Gasteiger partial charge in [-0.25, -0.2) is 4.98 Å². The predicted molar refractivity (Wildman–Crippen MR) is 103 cm³/mol. The van der Waals surface area contributed by atoms with Gasteiger partial charge in [-0.2, -0.15) is 5.10 Å². The van der Waals surface area contributed by atoms with Crippen molar-refractivity contribution < 1.29 is 9.53 Å². The molecule has 0 aliphatic carbocycles. The number of benzene rings is 1. The standard InChI is InChI=1S/C20H23N5O2/c1-13-10-25(5-6-27-13)11-14-3-4-16-17(15-9-22-24(2)12-15)8-19(20(21)26)23-18(16)7-14/h3-4,7-9,12-13H,5-6,10-11H2,1-2H3,(H2,21,26)/t13-/m0/s1. The van der Waals surface area contributed by atoms with Crippen molar-refractivity contribution in [1.29, 1.82) is 0 Å². The summed E-state index contributed by atoms with van der Waals surface area (Å²) >= 11 is 0. The van der Waals surface area contributed by atoms with Gasteiger partial charge in [-0.1, -0.05) is 12.1 Å². The Hall–Kier alpha value is -2.77. The highest BCUT2D eigenvalue weighted by Gasteiger charge is 2.18. The van der Waals surface area contributed by atoms with Crippen LogP contribution in [0.1, 0.15) is 23.0 Å². The maximum Gasteiger partial charge on any atom is 0.267 e. The molecular weight excluding hydrogens is 342 g/mol. The number of hydrogen-bond donors (Lipinski definition) is 1. The average Bonchev–Trinajstić information content (AvgIpc) is 3.06. The second-order valence-corrected chi connectivity index (χ2v) is 7.09. The van der Waals surface area contributed by atoms with Crippen LogP contribution in [-0.2, 0) is 18.3 Å². The smallest absolute Gasteiger partial charge is 0.267 e. The lowest BCUT2D eigenvalue weighted by Crippen LogP contribution is -2.40. The zero-order chi connectivity index (χ0) is 19.0. The molecule has 4 rings (SSSR count). The number of nitrogens with zero attached hydrogens (tertiary/aromatic N) is 4. The molecule has 1 fully saturated rings. The normalized spacial score (nSPS) is 18.1. The van der Waals surface area contributed by atoms with Crippen LogP contribution in [0, 0.1) is 0 Å². The minimum absolute atomic E-state index is 0.246. The lowest BCUT2D eigenvalue weighted by Gasteiger charge is -2.31. The first-order chi connectivity index (χ1) is 13.0. The first-order valence-electron chi connectivity index (χ1n) is 9.06. The number of nitrogens with two attached hydrogens (primary N) is 1. The second-order valence-electron chi connectivity index (χ2n) is 7.09. The fourth-order valence-corrected chi connectivity index (χ4v) is 3.59. The zero-order valence-electron chi connectivity index (χ0n) is 15.6. The summed E-state index contributed by atoms with van der Waals surface area (Å²) in [5.41, 5.74) is 9.54. The molecule has 140 valence electrons. The second kappa shape index (κ2) is 7.09. The summed E-state index contributed by atoms with van der Waals surface area (Å²) < 4.78 is 7.35. The molecule has 0 saturated carbocycles. The summed E-state index contributed by atoms with van der Waals surface area (Å²) in [6, 6.07) is 7.97. The van der Waals surface area contributed by atoms with Gasteiger partial charge in [0, 0.05) is 43.8 Å². The molecule has 1 atom stereocenters. The van der Waals surface area contributed by atoms with E-state index in [-0.39, 0.29) is 11.8 Å². The number of rotatable bonds is 4. The Bertz CT molecular complexity index is 997. The highest BCUT2D eigenvalue weighted by molar-refractivity contribution is 6.00. The average molecular weight is 365 g/mol. The van der Waals surface area contributed by atoms with Gasteiger partial charge in [0.05, 0.1) is 24.4 Å². The molecule has 2 aromatic heterocycles. The Morgan fingerprint density at radius 1 is 1.37 bits per heavy atom. The van der Waals surface area contributed by atoms with Crippen LogP contribution < -0.4 is 5.73 Å². The molecule has 1 aliphatic rings. The van der Waals surface area contributed by atoms with Crippen molar-refractivity contribution in [2.45, 2.75) is 19.6 Å². The monoisotopic (exact) mass is 365 g/mol. The molecule has 1 aliphatic heterocycles. The van der Waals surface area contributed by atoms with E-state index in [9.17, 15) is 4.79 Å². The van der Waals surface area contributed by atoms with Crippen molar-refractivity contribution in [2.24, 2.45) is 12.8 Å². The molecule has 0 bridgehead atoms. The number of aromatic nitrogens is 3. The van der Waals surface area contributed by atoms with E-state index in [1.807, 2.05) is 19.3 Å². The zero-order valence-corrected chi connectivity index (χ0v) is 15.6. The summed E-state index contributed by atoms with van der Waals surface area (Å²) in [6.45, 7) is 5.50. The summed E-state index contributed by atoms with van der Waals surface area (Å²) in [7, 11) is 1.86. The first kappa shape index (κ1) is 17.6. The number of amides is 1. The molecule has 0 spiro atoms. The fraction of sp³-hybridized carbons (Fsp3) is 0.350. The van der Waals surface area contributed by atoms with Gasteiger partial charge in [0.2, 0.25) is 0 Å². The van der Waals surface area contributed by atoms with Crippen molar-refractivity contribution in [3.8, 4) is 11.1 Å². The third kappa shape index (κ3) is 3.70. The Kier molecular flexibility index (Phi) is 4.63. The van der Waals surface area contributed by atoms with Crippen LogP contribution in [0.4, 0.5) is 0 Å². The number of carbonyl (C=O) groups is 1. The highest BCUT2D eigenvalue weighted by Crippen LogP contribution is 2.29. The minimum Gasteiger partial charge on any atom is -0.376 e. The van der Waals surface area contributed by atoms with Gasteiger partial charge in [-0.15, -0.1) is 0 Å². The van der Waals surface area contributed by atoms with Gasteiger partial charge in [0.15, 0.2) is 0 Å². The van der Waals surface area contributed by atoms with Crippen LogP contribution in [-0.4, -0.2) is 51.4 Å². The van der Waals surface area contributed by atoms with Gasteiger partial charge < -0.3 is 10.5 Å². The molecule has 3 aromatic rings. The van der Waals surface area contributed by atoms with Crippen molar-refractivity contribution in [3.05, 3.63) is 47.9 Å². The van der Waals surface area contributed by atoms with Crippen LogP contribution in [0.2, 0.25) is 0 Å². The number of carbonyl (C=O) groups excluding carboxylic acids is 1. The van der Waals surface area contributed by atoms with Crippen molar-refractivity contribution in [3.63, 3.8) is 0 Å². The van der Waals surface area contributed by atoms with E-state index in [0.29, 0.717) is 0 Å². The molecule has 1 saturated heterocycles. The van der Waals surface area contributed by atoms with Crippen molar-refractivity contribution >= 4 is 16.8 Å². The van der Waals surface area contributed by atoms with Gasteiger partial charge in [-0.3, -0.25) is 14.4 Å². The summed E-state index contributed by atoms with van der Waals surface area (Å²) in [5, 5.41) is 5.22. The highest BCUT2D eigenvalue weighted by atomic mass is 16.5. The molecule has 27 heavy (non-hydrogen) atoms. The van der Waals surface area contributed by atoms with Crippen LogP contribution in [0.25, 0.3) is 22.0 Å². The van der Waals surface area contributed by atoms with Crippen LogP contribution >= 0.6 is 0 Å². The number of primary amides is 1. The number of fused-ring (bicyclic) bond motifs is 1. The Morgan fingerprint density at radius 2 is 2.22 bits per heavy atom. The molecular formula is C20H23N5O2. The topological polar surface area (TPSA) is 86.3 Å². The molecule has 7 nitrogen and oxygen atoms in total. The number of morpholine rings is 1. The van der Waals surface area contributed by atoms with Gasteiger partial charge in [0.1, 0.15) is 5.69 Å². The third-order valence-electron chi connectivity index (χ3n) is 4.87. The number of ether oxygens (including phenoxy) is 1. The van der Waals surface area contributed by atoms with Gasteiger partial charge >= 0.3 is 0 Å². The molecule has 0 radical (unpaired) electrons. The Labute approximate surface area is 157 Å². The first-order valence-corrected chi connectivity index (χ1v) is 9.06. The van der Waals surface area contributed by atoms with Crippen molar-refractivity contribution in [2.75, 3.05) is 19.7 Å². The van der Waals surface area contributed by atoms with E-state index in [4.69, 9.17) is 10.5 Å². The van der Waals surface area contributed by atoms with Gasteiger partial charge in [-0.05, 0) is 30.2 Å². The van der Waals surface area contributed by atoms with Crippen LogP contribution in [0.5, 0.6) is 0 Å². The molecule has 3 heterocycles. The maximum absolute atomic E-state index is 11.8. The van der Waals surface area contributed by atoms with Crippen LogP contribution in [0.15, 0.2) is 36.7 Å². The number of pyridine rings is 1. The maximum atomic E-state index is 11.8. The van der Waals surface area contributed by atoms with Crippen LogP contribution in [0.3, 0.4) is 0 Å². The van der Waals surface area contributed by atoms with E-state index in [2.05, 4.69) is 34.0 Å². The molecule has 2 N–H and O–H groups in total. The summed E-state index contributed by atoms with van der Waals surface area (Å²) in [5.74, 6) is -0.533. The van der Waals surface area contributed by atoms with E-state index in [0.717, 1.165) is 53.8 Å². The number of aryl methyl sites for hydroxylation is 1. The number of hydrogen-bond acceptors (Lipinski definition) is 5. The largest absolute Gasteiger partial charge is 0.376 e. The Balaban J connectivity index is 1.75. The van der Waals surface area contributed by atoms with Crippen molar-refractivity contribution in [1.82, 2.24) is 19.7 Å². The van der Waals surface area contributed by atoms with E-state index in [1.54, 1.807) is 16.9 Å². The lowest BCUT2D eigenvalue weighted by atomic mass is 10.0. The van der Waals surface area contributed by atoms with E-state index >= 15 is 0 Å². The summed E-state index contributed by atoms with van der Waals surface area (Å²) in [6.07, 6.45) is 3.95. The summed E-state index contributed by atoms with van der Waals surface area (Å²) in [4.78, 5) is 18.6. The van der Waals surface area contributed by atoms with Gasteiger partial charge in [0.25, 0.3) is 5.91 Å². The minimum atomic E-state index is -0.533. The molecule has 7 heteroatoms. The molecule has 0 unspecified atom stereocenters. The third-order valence-corrected chi connectivity index (χ3v) is 4.87. The fourth-order valence-electron chi connectivity index (χ4n) is 3.59. The lowest BCUT2D eigenvalue weighted by molar-refractivity contribution is -0.0211. The van der Waals surface area contributed by atoms with E-state index < -0.39 is 5.91 Å². The predicted octanol–water partition coefficient (Wildman–Crippen LogP) is 1.95. The SMILES string of the molecule is C[C@H]1CN(Cc2ccc3c(-c4cnn(C)c4)cc(C(N)=O)nc3c2)CCO1. The Morgan fingerprint density at radius 3 is 2.93 bits per heavy atom. The van der Waals surface area contributed by atoms with E-state index in [1.165, 1.54) is 0 Å². The quantitative estimate of drug-likeness (QED) is 0.764. The molecule has 1 amide bonds. The molecule has 1 aromatic carbocycles.